The van der Waals surface area contributed by atoms with Gasteiger partial charge in [-0.05, 0) is 49.8 Å². The molecule has 0 bridgehead atoms. The van der Waals surface area contributed by atoms with Gasteiger partial charge in [-0.25, -0.2) is 4.39 Å². The van der Waals surface area contributed by atoms with Crippen LogP contribution in [0.15, 0.2) is 24.3 Å². The second-order valence-corrected chi connectivity index (χ2v) is 5.62. The van der Waals surface area contributed by atoms with E-state index in [0.717, 1.165) is 6.42 Å². The van der Waals surface area contributed by atoms with Crippen LogP contribution in [0.4, 0.5) is 4.39 Å². The predicted molar refractivity (Wildman–Crippen MR) is 67.0 cm³/mol. The summed E-state index contributed by atoms with van der Waals surface area (Å²) in [5.41, 5.74) is -1.63. The van der Waals surface area contributed by atoms with Gasteiger partial charge in [0.05, 0.1) is 11.5 Å². The molecule has 18 heavy (non-hydrogen) atoms. The highest BCUT2D eigenvalue weighted by Crippen LogP contribution is 2.52. The SMILES string of the molecule is CC1CCC(C#N)(C(C)(O)c2cccc(F)c2)C1. The van der Waals surface area contributed by atoms with E-state index in [2.05, 4.69) is 13.0 Å². The highest BCUT2D eigenvalue weighted by molar-refractivity contribution is 5.29. The third kappa shape index (κ3) is 1.91. The molecule has 0 amide bonds. The molecule has 96 valence electrons. The van der Waals surface area contributed by atoms with E-state index in [1.807, 2.05) is 0 Å². The van der Waals surface area contributed by atoms with E-state index in [1.165, 1.54) is 12.1 Å². The first-order valence-electron chi connectivity index (χ1n) is 6.31. The smallest absolute Gasteiger partial charge is 0.123 e. The number of halogens is 1. The molecular weight excluding hydrogens is 229 g/mol. The standard InChI is InChI=1S/C15H18FNO/c1-11-6-7-15(9-11,10-17)14(2,18)12-4-3-5-13(16)8-12/h3-5,8,11,18H,6-7,9H2,1-2H3. The molecule has 1 aliphatic rings. The van der Waals surface area contributed by atoms with Gasteiger partial charge in [0.15, 0.2) is 0 Å². The van der Waals surface area contributed by atoms with Crippen LogP contribution in [0.25, 0.3) is 0 Å². The molecule has 2 rings (SSSR count). The highest BCUT2D eigenvalue weighted by Gasteiger charge is 2.52. The molecule has 1 aliphatic carbocycles. The summed E-state index contributed by atoms with van der Waals surface area (Å²) < 4.78 is 13.3. The quantitative estimate of drug-likeness (QED) is 0.870. The maximum atomic E-state index is 13.3. The molecule has 1 fully saturated rings. The minimum Gasteiger partial charge on any atom is -0.384 e. The Morgan fingerprint density at radius 2 is 2.28 bits per heavy atom. The fourth-order valence-electron chi connectivity index (χ4n) is 3.01. The average Bonchev–Trinajstić information content (AvgIpc) is 2.72. The lowest BCUT2D eigenvalue weighted by Crippen LogP contribution is -2.41. The van der Waals surface area contributed by atoms with Crippen molar-refractivity contribution in [3.63, 3.8) is 0 Å². The van der Waals surface area contributed by atoms with Gasteiger partial charge in [-0.2, -0.15) is 5.26 Å². The third-order valence-corrected chi connectivity index (χ3v) is 4.29. The predicted octanol–water partition coefficient (Wildman–Crippen LogP) is 3.36. The maximum Gasteiger partial charge on any atom is 0.123 e. The van der Waals surface area contributed by atoms with Crippen molar-refractivity contribution < 1.29 is 9.50 Å². The van der Waals surface area contributed by atoms with Crippen LogP contribution in [0.1, 0.15) is 38.7 Å². The molecule has 0 saturated heterocycles. The summed E-state index contributed by atoms with van der Waals surface area (Å²) in [6.07, 6.45) is 2.25. The number of hydrogen-bond donors (Lipinski definition) is 1. The molecule has 3 atom stereocenters. The van der Waals surface area contributed by atoms with E-state index < -0.39 is 11.0 Å². The van der Waals surface area contributed by atoms with Gasteiger partial charge >= 0.3 is 0 Å². The molecule has 2 nitrogen and oxygen atoms in total. The van der Waals surface area contributed by atoms with E-state index in [1.54, 1.807) is 19.1 Å². The van der Waals surface area contributed by atoms with Crippen LogP contribution in [0, 0.1) is 28.5 Å². The summed E-state index contributed by atoms with van der Waals surface area (Å²) >= 11 is 0. The molecule has 1 saturated carbocycles. The molecule has 0 heterocycles. The lowest BCUT2D eigenvalue weighted by Gasteiger charge is -2.38. The zero-order valence-electron chi connectivity index (χ0n) is 10.8. The number of hydrogen-bond acceptors (Lipinski definition) is 2. The van der Waals surface area contributed by atoms with Crippen LogP contribution in [0.5, 0.6) is 0 Å². The van der Waals surface area contributed by atoms with Gasteiger partial charge < -0.3 is 5.11 Å². The fourth-order valence-corrected chi connectivity index (χ4v) is 3.01. The van der Waals surface area contributed by atoms with E-state index in [-0.39, 0.29) is 5.82 Å². The molecule has 0 radical (unpaired) electrons. The van der Waals surface area contributed by atoms with Crippen molar-refractivity contribution in [1.82, 2.24) is 0 Å². The average molecular weight is 247 g/mol. The summed E-state index contributed by atoms with van der Waals surface area (Å²) in [4.78, 5) is 0. The summed E-state index contributed by atoms with van der Waals surface area (Å²) in [6.45, 7) is 3.71. The largest absolute Gasteiger partial charge is 0.384 e. The molecular formula is C15H18FNO. The van der Waals surface area contributed by atoms with Crippen LogP contribution >= 0.6 is 0 Å². The van der Waals surface area contributed by atoms with Gasteiger partial charge in [0.1, 0.15) is 11.4 Å². The van der Waals surface area contributed by atoms with Crippen molar-refractivity contribution in [3.05, 3.63) is 35.6 Å². The summed E-state index contributed by atoms with van der Waals surface area (Å²) in [6, 6.07) is 8.22. The van der Waals surface area contributed by atoms with Crippen molar-refractivity contribution in [2.24, 2.45) is 11.3 Å². The molecule has 1 N–H and O–H groups in total. The van der Waals surface area contributed by atoms with Gasteiger partial charge in [0.2, 0.25) is 0 Å². The molecule has 1 aromatic rings. The van der Waals surface area contributed by atoms with Gasteiger partial charge in [0, 0.05) is 0 Å². The van der Waals surface area contributed by atoms with Crippen LogP contribution < -0.4 is 0 Å². The van der Waals surface area contributed by atoms with Crippen molar-refractivity contribution in [3.8, 4) is 6.07 Å². The van der Waals surface area contributed by atoms with E-state index >= 15 is 0 Å². The van der Waals surface area contributed by atoms with Gasteiger partial charge in [-0.3, -0.25) is 0 Å². The Balaban J connectivity index is 2.44. The van der Waals surface area contributed by atoms with E-state index in [4.69, 9.17) is 0 Å². The topological polar surface area (TPSA) is 44.0 Å². The Labute approximate surface area is 107 Å². The van der Waals surface area contributed by atoms with E-state index in [9.17, 15) is 14.8 Å². The number of nitriles is 1. The van der Waals surface area contributed by atoms with Crippen molar-refractivity contribution in [2.75, 3.05) is 0 Å². The summed E-state index contributed by atoms with van der Waals surface area (Å²) in [5.74, 6) is 0.0385. The molecule has 1 aromatic carbocycles. The van der Waals surface area contributed by atoms with Crippen LogP contribution in [0.2, 0.25) is 0 Å². The number of aliphatic hydroxyl groups is 1. The molecule has 0 aromatic heterocycles. The Morgan fingerprint density at radius 3 is 2.78 bits per heavy atom. The molecule has 0 spiro atoms. The number of benzene rings is 1. The lowest BCUT2D eigenvalue weighted by molar-refractivity contribution is -0.0440. The van der Waals surface area contributed by atoms with Crippen LogP contribution in [-0.2, 0) is 5.60 Å². The Bertz CT molecular complexity index is 492. The first-order chi connectivity index (χ1) is 8.41. The molecule has 3 unspecified atom stereocenters. The minimum absolute atomic E-state index is 0.382. The van der Waals surface area contributed by atoms with E-state index in [0.29, 0.717) is 24.3 Å². The normalized spacial score (nSPS) is 30.7. The summed E-state index contributed by atoms with van der Waals surface area (Å²) in [5, 5.41) is 20.3. The van der Waals surface area contributed by atoms with Gasteiger partial charge in [-0.1, -0.05) is 19.1 Å². The zero-order valence-corrected chi connectivity index (χ0v) is 10.8. The zero-order chi connectivity index (χ0) is 13.4. The second kappa shape index (κ2) is 4.37. The van der Waals surface area contributed by atoms with Crippen LogP contribution in [-0.4, -0.2) is 5.11 Å². The fraction of sp³-hybridized carbons (Fsp3) is 0.533. The summed E-state index contributed by atoms with van der Waals surface area (Å²) in [7, 11) is 0. The Hall–Kier alpha value is -1.40. The minimum atomic E-state index is -1.31. The van der Waals surface area contributed by atoms with Crippen molar-refractivity contribution in [1.29, 1.82) is 5.26 Å². The monoisotopic (exact) mass is 247 g/mol. The van der Waals surface area contributed by atoms with Crippen molar-refractivity contribution >= 4 is 0 Å². The lowest BCUT2D eigenvalue weighted by atomic mass is 9.68. The third-order valence-electron chi connectivity index (χ3n) is 4.29. The molecule has 3 heteroatoms. The highest BCUT2D eigenvalue weighted by atomic mass is 19.1. The number of nitrogens with zero attached hydrogens (tertiary/aromatic N) is 1. The van der Waals surface area contributed by atoms with Crippen LogP contribution in [0.3, 0.4) is 0 Å². The first-order valence-corrected chi connectivity index (χ1v) is 6.31. The van der Waals surface area contributed by atoms with Crippen molar-refractivity contribution in [2.45, 2.75) is 38.7 Å². The Morgan fingerprint density at radius 1 is 1.56 bits per heavy atom. The Kier molecular flexibility index (Phi) is 3.16. The molecule has 0 aliphatic heterocycles. The van der Waals surface area contributed by atoms with Gasteiger partial charge in [0.25, 0.3) is 0 Å². The second-order valence-electron chi connectivity index (χ2n) is 5.62. The number of rotatable bonds is 2. The maximum absolute atomic E-state index is 13.3. The van der Waals surface area contributed by atoms with Gasteiger partial charge in [-0.15, -0.1) is 0 Å². The first kappa shape index (κ1) is 13.0.